The molecule has 0 saturated carbocycles. The molecule has 2 aromatic rings. The van der Waals surface area contributed by atoms with E-state index in [2.05, 4.69) is 10.2 Å². The molecular formula is C11H9F2N3OS. The average Bonchev–Trinajstić information content (AvgIpc) is 3.02. The van der Waals surface area contributed by atoms with Gasteiger partial charge in [0, 0.05) is 17.7 Å². The maximum atomic E-state index is 12.7. The fraction of sp³-hybridized carbons (Fsp3) is 0.273. The first-order valence-electron chi connectivity index (χ1n) is 5.32. The van der Waals surface area contributed by atoms with E-state index in [1.807, 2.05) is 0 Å². The number of H-pyrrole nitrogens is 1. The van der Waals surface area contributed by atoms with Gasteiger partial charge in [-0.2, -0.15) is 5.10 Å². The zero-order valence-electron chi connectivity index (χ0n) is 9.19. The number of fused-ring (bicyclic) bond motifs is 1. The fourth-order valence-electron chi connectivity index (χ4n) is 2.02. The Morgan fingerprint density at radius 3 is 3.06 bits per heavy atom. The van der Waals surface area contributed by atoms with Crippen LogP contribution in [0.5, 0.6) is 0 Å². The topological polar surface area (TPSA) is 49.0 Å². The van der Waals surface area contributed by atoms with E-state index in [-0.39, 0.29) is 16.3 Å². The van der Waals surface area contributed by atoms with Gasteiger partial charge in [0.1, 0.15) is 4.88 Å². The fourth-order valence-corrected chi connectivity index (χ4v) is 2.89. The van der Waals surface area contributed by atoms with Crippen molar-refractivity contribution in [2.45, 2.75) is 19.5 Å². The summed E-state index contributed by atoms with van der Waals surface area (Å²) < 4.78 is 25.5. The molecule has 1 aliphatic rings. The summed E-state index contributed by atoms with van der Waals surface area (Å²) in [5, 5.41) is 8.18. The minimum absolute atomic E-state index is 0.128. The standard InChI is InChI=1S/C11H9F2N3OS/c12-10(13)7-1-2-18-9(7)11(17)16-4-6-3-14-15-8(6)5-16/h1-3,10H,4-5H2,(H,14,15). The first kappa shape index (κ1) is 11.3. The number of carbonyl (C=O) groups is 1. The molecule has 3 rings (SSSR count). The minimum Gasteiger partial charge on any atom is -0.328 e. The minimum atomic E-state index is -2.61. The quantitative estimate of drug-likeness (QED) is 0.910. The van der Waals surface area contributed by atoms with Crippen molar-refractivity contribution >= 4 is 17.2 Å². The molecule has 0 spiro atoms. The van der Waals surface area contributed by atoms with Gasteiger partial charge in [0.2, 0.25) is 0 Å². The molecule has 0 bridgehead atoms. The lowest BCUT2D eigenvalue weighted by Gasteiger charge is -2.15. The summed E-state index contributed by atoms with van der Waals surface area (Å²) in [7, 11) is 0. The average molecular weight is 269 g/mol. The molecule has 0 saturated heterocycles. The third-order valence-electron chi connectivity index (χ3n) is 2.93. The van der Waals surface area contributed by atoms with E-state index in [1.165, 1.54) is 11.4 Å². The first-order chi connectivity index (χ1) is 8.66. The summed E-state index contributed by atoms with van der Waals surface area (Å²) in [5.74, 6) is -0.343. The molecule has 0 aliphatic carbocycles. The summed E-state index contributed by atoms with van der Waals surface area (Å²) in [4.78, 5) is 13.8. The van der Waals surface area contributed by atoms with Gasteiger partial charge in [-0.15, -0.1) is 11.3 Å². The van der Waals surface area contributed by atoms with Gasteiger partial charge in [-0.1, -0.05) is 0 Å². The smallest absolute Gasteiger partial charge is 0.265 e. The molecule has 4 nitrogen and oxygen atoms in total. The van der Waals surface area contributed by atoms with E-state index in [0.29, 0.717) is 13.1 Å². The molecule has 1 aliphatic heterocycles. The van der Waals surface area contributed by atoms with Gasteiger partial charge in [0.15, 0.2) is 0 Å². The van der Waals surface area contributed by atoms with Crippen LogP contribution < -0.4 is 0 Å². The van der Waals surface area contributed by atoms with Crippen LogP contribution in [0.25, 0.3) is 0 Å². The van der Waals surface area contributed by atoms with Crippen LogP contribution in [-0.2, 0) is 13.1 Å². The van der Waals surface area contributed by atoms with Crippen molar-refractivity contribution in [3.63, 3.8) is 0 Å². The van der Waals surface area contributed by atoms with Gasteiger partial charge in [-0.25, -0.2) is 8.78 Å². The summed E-state index contributed by atoms with van der Waals surface area (Å²) in [5.41, 5.74) is 1.63. The molecule has 0 fully saturated rings. The molecular weight excluding hydrogens is 260 g/mol. The lowest BCUT2D eigenvalue weighted by atomic mass is 10.2. The molecule has 0 aromatic carbocycles. The van der Waals surface area contributed by atoms with Gasteiger partial charge in [-0.05, 0) is 11.4 Å². The number of amides is 1. The van der Waals surface area contributed by atoms with Crippen LogP contribution in [0.3, 0.4) is 0 Å². The molecule has 3 heterocycles. The van der Waals surface area contributed by atoms with Crippen molar-refractivity contribution in [3.05, 3.63) is 39.3 Å². The number of carbonyl (C=O) groups excluding carboxylic acids is 1. The van der Waals surface area contributed by atoms with Crippen molar-refractivity contribution in [1.82, 2.24) is 15.1 Å². The number of alkyl halides is 2. The normalized spacial score (nSPS) is 14.3. The summed E-state index contributed by atoms with van der Waals surface area (Å²) in [6, 6.07) is 1.31. The second-order valence-corrected chi connectivity index (χ2v) is 4.96. The second-order valence-electron chi connectivity index (χ2n) is 4.04. The number of hydrogen-bond acceptors (Lipinski definition) is 3. The van der Waals surface area contributed by atoms with Crippen LogP contribution in [0.15, 0.2) is 17.6 Å². The second kappa shape index (κ2) is 4.16. The number of nitrogens with one attached hydrogen (secondary N) is 1. The van der Waals surface area contributed by atoms with Gasteiger partial charge in [-0.3, -0.25) is 9.89 Å². The van der Waals surface area contributed by atoms with Crippen LogP contribution in [0, 0.1) is 0 Å². The third-order valence-corrected chi connectivity index (χ3v) is 3.85. The van der Waals surface area contributed by atoms with E-state index in [0.717, 1.165) is 22.6 Å². The number of aromatic nitrogens is 2. The molecule has 0 radical (unpaired) electrons. The zero-order chi connectivity index (χ0) is 12.7. The molecule has 2 aromatic heterocycles. The third kappa shape index (κ3) is 1.71. The maximum absolute atomic E-state index is 12.7. The molecule has 1 N–H and O–H groups in total. The highest BCUT2D eigenvalue weighted by Gasteiger charge is 2.29. The van der Waals surface area contributed by atoms with Gasteiger partial charge in [0.05, 0.1) is 18.4 Å². The highest BCUT2D eigenvalue weighted by Crippen LogP contribution is 2.30. The number of hydrogen-bond donors (Lipinski definition) is 1. The Bertz CT molecular complexity index is 572. The molecule has 0 unspecified atom stereocenters. The predicted molar refractivity (Wildman–Crippen MR) is 61.4 cm³/mol. The number of nitrogens with zero attached hydrogens (tertiary/aromatic N) is 2. The van der Waals surface area contributed by atoms with E-state index in [4.69, 9.17) is 0 Å². The number of rotatable bonds is 2. The lowest BCUT2D eigenvalue weighted by molar-refractivity contribution is 0.0743. The predicted octanol–water partition coefficient (Wildman–Crippen LogP) is 2.56. The van der Waals surface area contributed by atoms with Crippen LogP contribution in [0.4, 0.5) is 8.78 Å². The molecule has 0 atom stereocenters. The maximum Gasteiger partial charge on any atom is 0.265 e. The highest BCUT2D eigenvalue weighted by molar-refractivity contribution is 7.12. The lowest BCUT2D eigenvalue weighted by Crippen LogP contribution is -2.25. The Morgan fingerprint density at radius 1 is 1.50 bits per heavy atom. The van der Waals surface area contributed by atoms with Crippen molar-refractivity contribution in [2.24, 2.45) is 0 Å². The Morgan fingerprint density at radius 2 is 2.33 bits per heavy atom. The Kier molecular flexibility index (Phi) is 2.62. The van der Waals surface area contributed by atoms with Crippen molar-refractivity contribution < 1.29 is 13.6 Å². The Balaban J connectivity index is 1.84. The number of thiophene rings is 1. The summed E-state index contributed by atoms with van der Waals surface area (Å²) in [6.07, 6.45) is -0.956. The van der Waals surface area contributed by atoms with Crippen molar-refractivity contribution in [1.29, 1.82) is 0 Å². The van der Waals surface area contributed by atoms with E-state index < -0.39 is 6.43 Å². The highest BCUT2D eigenvalue weighted by atomic mass is 32.1. The van der Waals surface area contributed by atoms with Gasteiger partial charge >= 0.3 is 0 Å². The monoisotopic (exact) mass is 269 g/mol. The number of halogens is 2. The largest absolute Gasteiger partial charge is 0.328 e. The van der Waals surface area contributed by atoms with Crippen molar-refractivity contribution in [2.75, 3.05) is 0 Å². The Labute approximate surface area is 105 Å². The molecule has 1 amide bonds. The zero-order valence-corrected chi connectivity index (χ0v) is 10.0. The SMILES string of the molecule is O=C(c1sccc1C(F)F)N1Cc2cn[nH]c2C1. The van der Waals surface area contributed by atoms with E-state index in [1.54, 1.807) is 11.1 Å². The van der Waals surface area contributed by atoms with Crippen LogP contribution >= 0.6 is 11.3 Å². The van der Waals surface area contributed by atoms with Crippen LogP contribution in [0.1, 0.15) is 32.9 Å². The summed E-state index contributed by atoms with van der Waals surface area (Å²) >= 11 is 1.06. The van der Waals surface area contributed by atoms with Gasteiger partial charge in [0.25, 0.3) is 12.3 Å². The van der Waals surface area contributed by atoms with Crippen LogP contribution in [0.2, 0.25) is 0 Å². The summed E-state index contributed by atoms with van der Waals surface area (Å²) in [6.45, 7) is 0.819. The van der Waals surface area contributed by atoms with Gasteiger partial charge < -0.3 is 4.90 Å². The first-order valence-corrected chi connectivity index (χ1v) is 6.20. The van der Waals surface area contributed by atoms with E-state index in [9.17, 15) is 13.6 Å². The molecule has 7 heteroatoms. The molecule has 18 heavy (non-hydrogen) atoms. The van der Waals surface area contributed by atoms with Crippen LogP contribution in [-0.4, -0.2) is 21.0 Å². The number of aromatic amines is 1. The molecule has 94 valence electrons. The Hall–Kier alpha value is -1.76. The van der Waals surface area contributed by atoms with E-state index >= 15 is 0 Å². The van der Waals surface area contributed by atoms with Crippen molar-refractivity contribution in [3.8, 4) is 0 Å².